The molecule has 0 aliphatic rings. The lowest BCUT2D eigenvalue weighted by atomic mass is 9.88. The monoisotopic (exact) mass is 426 g/mol. The number of benzene rings is 3. The lowest BCUT2D eigenvalue weighted by Crippen LogP contribution is -1.95. The van der Waals surface area contributed by atoms with Crippen LogP contribution in [0.5, 0.6) is 5.75 Å². The van der Waals surface area contributed by atoms with Crippen molar-refractivity contribution in [3.05, 3.63) is 99.1 Å². The van der Waals surface area contributed by atoms with Crippen molar-refractivity contribution in [3.63, 3.8) is 0 Å². The fourth-order valence-corrected chi connectivity index (χ4v) is 3.49. The average Bonchev–Trinajstić information content (AvgIpc) is 2.61. The van der Waals surface area contributed by atoms with Crippen molar-refractivity contribution in [2.75, 3.05) is 0 Å². The molecule has 3 aromatic carbocycles. The first-order valence-corrected chi connectivity index (χ1v) is 9.11. The van der Waals surface area contributed by atoms with Crippen molar-refractivity contribution in [1.82, 2.24) is 0 Å². The van der Waals surface area contributed by atoms with Crippen LogP contribution in [0.2, 0.25) is 0 Å². The van der Waals surface area contributed by atoms with E-state index in [2.05, 4.69) is 78.0 Å². The van der Waals surface area contributed by atoms with Crippen molar-refractivity contribution >= 4 is 33.7 Å². The predicted molar refractivity (Wildman–Crippen MR) is 110 cm³/mol. The van der Waals surface area contributed by atoms with Crippen molar-refractivity contribution in [2.24, 2.45) is 0 Å². The van der Waals surface area contributed by atoms with E-state index in [1.54, 1.807) is 12.1 Å². The van der Waals surface area contributed by atoms with Gasteiger partial charge in [-0.25, -0.2) is 0 Å². The highest BCUT2D eigenvalue weighted by molar-refractivity contribution is 14.1. The molecule has 0 heterocycles. The van der Waals surface area contributed by atoms with Crippen LogP contribution < -0.4 is 0 Å². The number of halogens is 1. The Morgan fingerprint density at radius 1 is 0.792 bits per heavy atom. The van der Waals surface area contributed by atoms with Crippen molar-refractivity contribution < 1.29 is 5.11 Å². The summed E-state index contributed by atoms with van der Waals surface area (Å²) >= 11 is 2.35. The molecule has 2 heteroatoms. The molecule has 0 saturated heterocycles. The SMILES string of the molecule is CC/C(=C(/c1ccc(O)cc1)c1cccc(I)c1)c1ccccc1. The highest BCUT2D eigenvalue weighted by Gasteiger charge is 2.13. The molecule has 0 bridgehead atoms. The van der Waals surface area contributed by atoms with E-state index in [-0.39, 0.29) is 0 Å². The van der Waals surface area contributed by atoms with Crippen molar-refractivity contribution in [3.8, 4) is 5.75 Å². The summed E-state index contributed by atoms with van der Waals surface area (Å²) in [6, 6.07) is 26.6. The van der Waals surface area contributed by atoms with Gasteiger partial charge in [-0.05, 0) is 81.1 Å². The van der Waals surface area contributed by atoms with Gasteiger partial charge in [-0.3, -0.25) is 0 Å². The lowest BCUT2D eigenvalue weighted by molar-refractivity contribution is 0.475. The Hall–Kier alpha value is -2.07. The molecule has 0 aromatic heterocycles. The van der Waals surface area contributed by atoms with Gasteiger partial charge < -0.3 is 5.11 Å². The summed E-state index contributed by atoms with van der Waals surface area (Å²) < 4.78 is 1.21. The molecular weight excluding hydrogens is 407 g/mol. The number of phenols is 1. The summed E-state index contributed by atoms with van der Waals surface area (Å²) in [7, 11) is 0. The van der Waals surface area contributed by atoms with Gasteiger partial charge in [-0.1, -0.05) is 61.5 Å². The Morgan fingerprint density at radius 3 is 2.08 bits per heavy atom. The Balaban J connectivity index is 2.28. The summed E-state index contributed by atoms with van der Waals surface area (Å²) in [6.45, 7) is 2.19. The maximum atomic E-state index is 9.65. The molecule has 1 N–H and O–H groups in total. The van der Waals surface area contributed by atoms with Gasteiger partial charge in [0.25, 0.3) is 0 Å². The van der Waals surface area contributed by atoms with Gasteiger partial charge in [0, 0.05) is 3.57 Å². The molecular formula is C22H19IO. The van der Waals surface area contributed by atoms with Gasteiger partial charge in [0.1, 0.15) is 5.75 Å². The summed E-state index contributed by atoms with van der Waals surface area (Å²) in [4.78, 5) is 0. The van der Waals surface area contributed by atoms with E-state index in [4.69, 9.17) is 0 Å². The number of phenolic OH excluding ortho intramolecular Hbond substituents is 1. The second-order valence-electron chi connectivity index (χ2n) is 5.63. The van der Waals surface area contributed by atoms with Crippen LogP contribution in [0, 0.1) is 3.57 Å². The maximum Gasteiger partial charge on any atom is 0.115 e. The second kappa shape index (κ2) is 7.67. The van der Waals surface area contributed by atoms with E-state index in [0.717, 1.165) is 12.0 Å². The summed E-state index contributed by atoms with van der Waals surface area (Å²) in [5.74, 6) is 0.290. The number of aromatic hydroxyl groups is 1. The summed E-state index contributed by atoms with van der Waals surface area (Å²) in [5.41, 5.74) is 6.09. The maximum absolute atomic E-state index is 9.65. The van der Waals surface area contributed by atoms with E-state index in [1.165, 1.54) is 25.8 Å². The Morgan fingerprint density at radius 2 is 1.46 bits per heavy atom. The van der Waals surface area contributed by atoms with E-state index in [1.807, 2.05) is 18.2 Å². The fourth-order valence-electron chi connectivity index (χ4n) is 2.95. The predicted octanol–water partition coefficient (Wildman–Crippen LogP) is 6.37. The van der Waals surface area contributed by atoms with Crippen molar-refractivity contribution in [1.29, 1.82) is 0 Å². The standard InChI is InChI=1S/C22H19IO/c1-2-21(16-7-4-3-5-8-16)22(17-11-13-20(24)14-12-17)18-9-6-10-19(23)15-18/h3-15,24H,2H2,1H3/b22-21+. The first kappa shape index (κ1) is 16.8. The third-order valence-electron chi connectivity index (χ3n) is 4.05. The van der Waals surface area contributed by atoms with Crippen LogP contribution in [0.4, 0.5) is 0 Å². The number of hydrogen-bond acceptors (Lipinski definition) is 1. The zero-order valence-corrected chi connectivity index (χ0v) is 15.7. The third-order valence-corrected chi connectivity index (χ3v) is 4.72. The molecule has 0 fully saturated rings. The minimum Gasteiger partial charge on any atom is -0.508 e. The molecule has 3 aromatic rings. The molecule has 0 spiro atoms. The third kappa shape index (κ3) is 3.70. The first-order valence-electron chi connectivity index (χ1n) is 8.03. The lowest BCUT2D eigenvalue weighted by Gasteiger charge is -2.16. The van der Waals surface area contributed by atoms with E-state index < -0.39 is 0 Å². The van der Waals surface area contributed by atoms with Crippen LogP contribution in [0.25, 0.3) is 11.1 Å². The molecule has 24 heavy (non-hydrogen) atoms. The molecule has 1 nitrogen and oxygen atoms in total. The molecule has 0 amide bonds. The summed E-state index contributed by atoms with van der Waals surface area (Å²) in [5, 5.41) is 9.65. The molecule has 0 atom stereocenters. The zero-order valence-electron chi connectivity index (χ0n) is 13.5. The topological polar surface area (TPSA) is 20.2 Å². The minimum absolute atomic E-state index is 0.290. The van der Waals surface area contributed by atoms with Crippen LogP contribution in [0.3, 0.4) is 0 Å². The van der Waals surface area contributed by atoms with Gasteiger partial charge in [0.05, 0.1) is 0 Å². The minimum atomic E-state index is 0.290. The normalized spacial score (nSPS) is 11.9. The second-order valence-corrected chi connectivity index (χ2v) is 6.88. The molecule has 0 aliphatic heterocycles. The van der Waals surface area contributed by atoms with Crippen LogP contribution in [0.15, 0.2) is 78.9 Å². The van der Waals surface area contributed by atoms with Crippen LogP contribution in [-0.4, -0.2) is 5.11 Å². The molecule has 0 aliphatic carbocycles. The van der Waals surface area contributed by atoms with Gasteiger partial charge >= 0.3 is 0 Å². The average molecular weight is 426 g/mol. The zero-order chi connectivity index (χ0) is 16.9. The fraction of sp³-hybridized carbons (Fsp3) is 0.0909. The van der Waals surface area contributed by atoms with Crippen LogP contribution in [-0.2, 0) is 0 Å². The molecule has 0 saturated carbocycles. The van der Waals surface area contributed by atoms with E-state index >= 15 is 0 Å². The molecule has 0 radical (unpaired) electrons. The highest BCUT2D eigenvalue weighted by atomic mass is 127. The van der Waals surface area contributed by atoms with Crippen LogP contribution in [0.1, 0.15) is 30.0 Å². The summed E-state index contributed by atoms with van der Waals surface area (Å²) in [6.07, 6.45) is 0.936. The van der Waals surface area contributed by atoms with Gasteiger partial charge in [-0.2, -0.15) is 0 Å². The number of allylic oxidation sites excluding steroid dienone is 1. The largest absolute Gasteiger partial charge is 0.508 e. The van der Waals surface area contributed by atoms with E-state index in [0.29, 0.717) is 5.75 Å². The van der Waals surface area contributed by atoms with Crippen molar-refractivity contribution in [2.45, 2.75) is 13.3 Å². The first-order chi connectivity index (χ1) is 11.7. The molecule has 120 valence electrons. The molecule has 0 unspecified atom stereocenters. The van der Waals surface area contributed by atoms with Crippen LogP contribution >= 0.6 is 22.6 Å². The quantitative estimate of drug-likeness (QED) is 0.380. The van der Waals surface area contributed by atoms with Gasteiger partial charge in [-0.15, -0.1) is 0 Å². The Labute approximate surface area is 156 Å². The highest BCUT2D eigenvalue weighted by Crippen LogP contribution is 2.35. The van der Waals surface area contributed by atoms with Gasteiger partial charge in [0.15, 0.2) is 0 Å². The smallest absolute Gasteiger partial charge is 0.115 e. The Kier molecular flexibility index (Phi) is 5.36. The number of rotatable bonds is 4. The number of hydrogen-bond donors (Lipinski definition) is 1. The Bertz CT molecular complexity index is 849. The molecule has 3 rings (SSSR count). The van der Waals surface area contributed by atoms with E-state index in [9.17, 15) is 5.11 Å². The van der Waals surface area contributed by atoms with Gasteiger partial charge in [0.2, 0.25) is 0 Å².